The van der Waals surface area contributed by atoms with E-state index in [1.165, 1.54) is 7.11 Å². The SMILES string of the molecule is COCCCNC(=O)Nc1cccc(C#Cc2cccc(C(=O)OC)c2)c1. The Hall–Kier alpha value is -3.30. The minimum absolute atomic E-state index is 0.276. The van der Waals surface area contributed by atoms with Crippen LogP contribution >= 0.6 is 0 Å². The van der Waals surface area contributed by atoms with Crippen molar-refractivity contribution in [3.05, 3.63) is 65.2 Å². The summed E-state index contributed by atoms with van der Waals surface area (Å²) in [5.41, 5.74) is 2.54. The van der Waals surface area contributed by atoms with Crippen LogP contribution in [0.3, 0.4) is 0 Å². The van der Waals surface area contributed by atoms with Crippen LogP contribution < -0.4 is 10.6 Å². The average molecular weight is 366 g/mol. The molecule has 0 unspecified atom stereocenters. The number of rotatable bonds is 6. The highest BCUT2D eigenvalue weighted by atomic mass is 16.5. The van der Waals surface area contributed by atoms with Gasteiger partial charge in [-0.25, -0.2) is 9.59 Å². The van der Waals surface area contributed by atoms with E-state index in [2.05, 4.69) is 22.5 Å². The van der Waals surface area contributed by atoms with Gasteiger partial charge in [-0.15, -0.1) is 0 Å². The number of carbonyl (C=O) groups is 2. The zero-order valence-electron chi connectivity index (χ0n) is 15.4. The molecule has 140 valence electrons. The molecule has 2 rings (SSSR count). The highest BCUT2D eigenvalue weighted by molar-refractivity contribution is 5.90. The van der Waals surface area contributed by atoms with Gasteiger partial charge < -0.3 is 20.1 Å². The molecule has 0 aliphatic heterocycles. The molecular weight excluding hydrogens is 344 g/mol. The van der Waals surface area contributed by atoms with E-state index in [1.807, 2.05) is 18.2 Å². The molecule has 0 saturated carbocycles. The molecule has 6 heteroatoms. The summed E-state index contributed by atoms with van der Waals surface area (Å²) in [6.07, 6.45) is 0.750. The topological polar surface area (TPSA) is 76.7 Å². The Kier molecular flexibility index (Phi) is 7.89. The van der Waals surface area contributed by atoms with E-state index in [9.17, 15) is 9.59 Å². The molecule has 0 heterocycles. The third kappa shape index (κ3) is 6.84. The zero-order valence-corrected chi connectivity index (χ0v) is 15.4. The molecule has 2 aromatic carbocycles. The van der Waals surface area contributed by atoms with Gasteiger partial charge in [0.2, 0.25) is 0 Å². The zero-order chi connectivity index (χ0) is 19.5. The van der Waals surface area contributed by atoms with E-state index in [0.717, 1.165) is 12.0 Å². The van der Waals surface area contributed by atoms with E-state index in [0.29, 0.717) is 30.0 Å². The van der Waals surface area contributed by atoms with E-state index >= 15 is 0 Å². The van der Waals surface area contributed by atoms with Crippen LogP contribution in [0.5, 0.6) is 0 Å². The fourth-order valence-electron chi connectivity index (χ4n) is 2.25. The Morgan fingerprint density at radius 1 is 1.00 bits per heavy atom. The molecule has 0 radical (unpaired) electrons. The highest BCUT2D eigenvalue weighted by Gasteiger charge is 2.04. The molecule has 0 spiro atoms. The predicted octanol–water partition coefficient (Wildman–Crippen LogP) is 3.03. The van der Waals surface area contributed by atoms with Crippen molar-refractivity contribution in [3.8, 4) is 11.8 Å². The molecule has 0 fully saturated rings. The van der Waals surface area contributed by atoms with Gasteiger partial charge in [-0.2, -0.15) is 0 Å². The lowest BCUT2D eigenvalue weighted by molar-refractivity contribution is 0.0600. The molecule has 2 N–H and O–H groups in total. The van der Waals surface area contributed by atoms with Gasteiger partial charge in [0.05, 0.1) is 12.7 Å². The van der Waals surface area contributed by atoms with Crippen molar-refractivity contribution in [2.24, 2.45) is 0 Å². The lowest BCUT2D eigenvalue weighted by Gasteiger charge is -2.07. The second kappa shape index (κ2) is 10.6. The largest absolute Gasteiger partial charge is 0.465 e. The molecule has 27 heavy (non-hydrogen) atoms. The molecule has 0 aliphatic rings. The van der Waals surface area contributed by atoms with Gasteiger partial charge in [-0.3, -0.25) is 0 Å². The van der Waals surface area contributed by atoms with Crippen molar-refractivity contribution in [2.45, 2.75) is 6.42 Å². The van der Waals surface area contributed by atoms with Gasteiger partial charge >= 0.3 is 12.0 Å². The maximum Gasteiger partial charge on any atom is 0.337 e. The second-order valence-electron chi connectivity index (χ2n) is 5.63. The first-order chi connectivity index (χ1) is 13.1. The maximum atomic E-state index is 11.9. The van der Waals surface area contributed by atoms with Crippen LogP contribution in [-0.4, -0.2) is 39.4 Å². The molecule has 0 bridgehead atoms. The fourth-order valence-corrected chi connectivity index (χ4v) is 2.25. The average Bonchev–Trinajstić information content (AvgIpc) is 2.69. The fraction of sp³-hybridized carbons (Fsp3) is 0.238. The van der Waals surface area contributed by atoms with Crippen molar-refractivity contribution in [2.75, 3.05) is 32.7 Å². The minimum atomic E-state index is -0.402. The summed E-state index contributed by atoms with van der Waals surface area (Å²) < 4.78 is 9.64. The number of anilines is 1. The van der Waals surface area contributed by atoms with Gasteiger partial charge in [0.25, 0.3) is 0 Å². The number of ether oxygens (including phenoxy) is 2. The molecule has 2 aromatic rings. The molecular formula is C21H22N2O4. The smallest absolute Gasteiger partial charge is 0.337 e. The van der Waals surface area contributed by atoms with Crippen molar-refractivity contribution < 1.29 is 19.1 Å². The first-order valence-corrected chi connectivity index (χ1v) is 8.46. The lowest BCUT2D eigenvalue weighted by atomic mass is 10.1. The molecule has 0 atom stereocenters. The lowest BCUT2D eigenvalue weighted by Crippen LogP contribution is -2.30. The third-order valence-electron chi connectivity index (χ3n) is 3.57. The van der Waals surface area contributed by atoms with Gasteiger partial charge in [0.15, 0.2) is 0 Å². The van der Waals surface area contributed by atoms with E-state index in [4.69, 9.17) is 9.47 Å². The third-order valence-corrected chi connectivity index (χ3v) is 3.57. The number of benzene rings is 2. The van der Waals surface area contributed by atoms with E-state index in [1.54, 1.807) is 37.4 Å². The van der Waals surface area contributed by atoms with Gasteiger partial charge in [0, 0.05) is 37.1 Å². The number of hydrogen-bond acceptors (Lipinski definition) is 4. The Bertz CT molecular complexity index is 853. The number of hydrogen-bond donors (Lipinski definition) is 2. The molecule has 0 aliphatic carbocycles. The Morgan fingerprint density at radius 2 is 1.70 bits per heavy atom. The summed E-state index contributed by atoms with van der Waals surface area (Å²) in [6, 6.07) is 13.9. The minimum Gasteiger partial charge on any atom is -0.465 e. The van der Waals surface area contributed by atoms with Crippen LogP contribution in [0.4, 0.5) is 10.5 Å². The van der Waals surface area contributed by atoms with E-state index < -0.39 is 5.97 Å². The normalized spacial score (nSPS) is 9.70. The van der Waals surface area contributed by atoms with Crippen molar-refractivity contribution in [3.63, 3.8) is 0 Å². The Morgan fingerprint density at radius 3 is 2.41 bits per heavy atom. The first kappa shape index (κ1) is 20.0. The molecule has 6 nitrogen and oxygen atoms in total. The van der Waals surface area contributed by atoms with Crippen LogP contribution in [0.1, 0.15) is 27.9 Å². The maximum absolute atomic E-state index is 11.9. The Labute approximate surface area is 158 Å². The molecule has 2 amide bonds. The summed E-state index contributed by atoms with van der Waals surface area (Å²) in [7, 11) is 2.96. The second-order valence-corrected chi connectivity index (χ2v) is 5.63. The quantitative estimate of drug-likeness (QED) is 0.468. The van der Waals surface area contributed by atoms with Crippen LogP contribution in [0, 0.1) is 11.8 Å². The van der Waals surface area contributed by atoms with E-state index in [-0.39, 0.29) is 6.03 Å². The number of esters is 1. The summed E-state index contributed by atoms with van der Waals surface area (Å²) in [4.78, 5) is 23.4. The standard InChI is InChI=1S/C21H22N2O4/c1-26-13-5-12-22-21(25)23-19-9-4-7-17(15-19)11-10-16-6-3-8-18(14-16)20(24)27-2/h3-4,6-9,14-15H,5,12-13H2,1-2H3,(H2,22,23,25). The number of methoxy groups -OCH3 is 2. The molecule has 0 aromatic heterocycles. The first-order valence-electron chi connectivity index (χ1n) is 8.46. The van der Waals surface area contributed by atoms with Crippen LogP contribution in [0.2, 0.25) is 0 Å². The van der Waals surface area contributed by atoms with Crippen LogP contribution in [-0.2, 0) is 9.47 Å². The Balaban J connectivity index is 2.01. The summed E-state index contributed by atoms with van der Waals surface area (Å²) in [6.45, 7) is 1.14. The summed E-state index contributed by atoms with van der Waals surface area (Å²) in [5, 5.41) is 5.52. The van der Waals surface area contributed by atoms with Crippen LogP contribution in [0.25, 0.3) is 0 Å². The molecule has 0 saturated heterocycles. The summed E-state index contributed by atoms with van der Waals surface area (Å²) >= 11 is 0. The van der Waals surface area contributed by atoms with Crippen molar-refractivity contribution in [1.29, 1.82) is 0 Å². The number of carbonyl (C=O) groups excluding carboxylic acids is 2. The van der Waals surface area contributed by atoms with Crippen molar-refractivity contribution >= 4 is 17.7 Å². The van der Waals surface area contributed by atoms with Crippen molar-refractivity contribution in [1.82, 2.24) is 5.32 Å². The summed E-state index contributed by atoms with van der Waals surface area (Å²) in [5.74, 6) is 5.64. The highest BCUT2D eigenvalue weighted by Crippen LogP contribution is 2.10. The van der Waals surface area contributed by atoms with Gasteiger partial charge in [-0.1, -0.05) is 24.0 Å². The predicted molar refractivity (Wildman–Crippen MR) is 104 cm³/mol. The number of amides is 2. The van der Waals surface area contributed by atoms with Gasteiger partial charge in [0.1, 0.15) is 0 Å². The number of urea groups is 1. The number of nitrogens with one attached hydrogen (secondary N) is 2. The van der Waals surface area contributed by atoms with Gasteiger partial charge in [-0.05, 0) is 42.8 Å². The van der Waals surface area contributed by atoms with Crippen LogP contribution in [0.15, 0.2) is 48.5 Å². The monoisotopic (exact) mass is 366 g/mol.